The molecule has 0 aromatic heterocycles. The van der Waals surface area contributed by atoms with Gasteiger partial charge in [0.25, 0.3) is 0 Å². The van der Waals surface area contributed by atoms with Crippen LogP contribution in [0.15, 0.2) is 23.2 Å². The van der Waals surface area contributed by atoms with Crippen molar-refractivity contribution in [1.82, 2.24) is 20.0 Å². The summed E-state index contributed by atoms with van der Waals surface area (Å²) in [5.41, 5.74) is 1.25. The van der Waals surface area contributed by atoms with Crippen LogP contribution in [0.3, 0.4) is 0 Å². The standard InChI is InChI=1S/C24H41N5O3.HI/c1-6-25-23(26-19-24(27(2)3)9-15-32-16-10-24)29-13-11-28(12-14-29)18-20-17-21(30-4)7-8-22(20)31-5;/h7-8,17H,6,9-16,18-19H2,1-5H3,(H,25,26);1H. The third-order valence-electron chi connectivity index (χ3n) is 6.78. The summed E-state index contributed by atoms with van der Waals surface area (Å²) >= 11 is 0. The van der Waals surface area contributed by atoms with Crippen LogP contribution >= 0.6 is 24.0 Å². The van der Waals surface area contributed by atoms with Gasteiger partial charge in [-0.15, -0.1) is 24.0 Å². The summed E-state index contributed by atoms with van der Waals surface area (Å²) in [6.07, 6.45) is 2.05. The molecule has 1 N–H and O–H groups in total. The minimum absolute atomic E-state index is 0. The summed E-state index contributed by atoms with van der Waals surface area (Å²) in [6.45, 7) is 10.2. The molecule has 8 nitrogen and oxygen atoms in total. The maximum Gasteiger partial charge on any atom is 0.194 e. The van der Waals surface area contributed by atoms with Crippen molar-refractivity contribution >= 4 is 29.9 Å². The number of hydrogen-bond donors (Lipinski definition) is 1. The summed E-state index contributed by atoms with van der Waals surface area (Å²) in [7, 11) is 7.76. The zero-order chi connectivity index (χ0) is 23.0. The number of benzene rings is 1. The van der Waals surface area contributed by atoms with Crippen molar-refractivity contribution in [3.63, 3.8) is 0 Å². The first-order valence-corrected chi connectivity index (χ1v) is 11.7. The van der Waals surface area contributed by atoms with Gasteiger partial charge in [0.15, 0.2) is 5.96 Å². The number of rotatable bonds is 8. The van der Waals surface area contributed by atoms with Crippen LogP contribution in [0.1, 0.15) is 25.3 Å². The van der Waals surface area contributed by atoms with Gasteiger partial charge in [-0.3, -0.25) is 9.89 Å². The van der Waals surface area contributed by atoms with E-state index in [0.29, 0.717) is 0 Å². The highest BCUT2D eigenvalue weighted by atomic mass is 127. The van der Waals surface area contributed by atoms with Gasteiger partial charge in [-0.05, 0) is 52.1 Å². The maximum atomic E-state index is 5.61. The molecule has 0 radical (unpaired) electrons. The van der Waals surface area contributed by atoms with Crippen molar-refractivity contribution in [3.8, 4) is 11.5 Å². The Hall–Kier alpha value is -1.30. The fourth-order valence-corrected chi connectivity index (χ4v) is 4.51. The quantitative estimate of drug-likeness (QED) is 0.291. The molecule has 0 atom stereocenters. The molecule has 2 aliphatic heterocycles. The fourth-order valence-electron chi connectivity index (χ4n) is 4.51. The van der Waals surface area contributed by atoms with Crippen LogP contribution < -0.4 is 14.8 Å². The van der Waals surface area contributed by atoms with Gasteiger partial charge in [-0.2, -0.15) is 0 Å². The van der Waals surface area contributed by atoms with E-state index in [1.54, 1.807) is 14.2 Å². The zero-order valence-corrected chi connectivity index (χ0v) is 23.3. The normalized spacial score (nSPS) is 19.2. The van der Waals surface area contributed by atoms with Gasteiger partial charge in [0.05, 0.1) is 20.8 Å². The van der Waals surface area contributed by atoms with Crippen LogP contribution in [0.4, 0.5) is 0 Å². The first-order chi connectivity index (χ1) is 15.5. The highest BCUT2D eigenvalue weighted by Crippen LogP contribution is 2.27. The van der Waals surface area contributed by atoms with Gasteiger partial charge in [-0.1, -0.05) is 0 Å². The van der Waals surface area contributed by atoms with E-state index in [4.69, 9.17) is 19.2 Å². The number of nitrogens with one attached hydrogen (secondary N) is 1. The summed E-state index contributed by atoms with van der Waals surface area (Å²) in [4.78, 5) is 12.3. The Bertz CT molecular complexity index is 748. The van der Waals surface area contributed by atoms with E-state index in [1.165, 1.54) is 0 Å². The van der Waals surface area contributed by atoms with Gasteiger partial charge in [0.2, 0.25) is 0 Å². The monoisotopic (exact) mass is 575 g/mol. The van der Waals surface area contributed by atoms with E-state index in [2.05, 4.69) is 47.1 Å². The molecular weight excluding hydrogens is 533 g/mol. The number of ether oxygens (including phenoxy) is 3. The van der Waals surface area contributed by atoms with E-state index in [9.17, 15) is 0 Å². The van der Waals surface area contributed by atoms with Crippen molar-refractivity contribution in [2.24, 2.45) is 4.99 Å². The second-order valence-corrected chi connectivity index (χ2v) is 8.84. The second-order valence-electron chi connectivity index (χ2n) is 8.84. The Morgan fingerprint density at radius 3 is 2.39 bits per heavy atom. The van der Waals surface area contributed by atoms with Gasteiger partial charge in [-0.25, -0.2) is 0 Å². The number of halogens is 1. The van der Waals surface area contributed by atoms with Crippen molar-refractivity contribution in [3.05, 3.63) is 23.8 Å². The molecular formula is C24H42IN5O3. The number of likely N-dealkylation sites (N-methyl/N-ethyl adjacent to an activating group) is 1. The molecule has 0 aliphatic carbocycles. The molecule has 3 rings (SSSR count). The number of methoxy groups -OCH3 is 2. The molecule has 2 heterocycles. The number of nitrogens with zero attached hydrogens (tertiary/aromatic N) is 4. The van der Waals surface area contributed by atoms with Crippen molar-refractivity contribution in [1.29, 1.82) is 0 Å². The summed E-state index contributed by atoms with van der Waals surface area (Å²) in [6, 6.07) is 6.00. The molecule has 33 heavy (non-hydrogen) atoms. The van der Waals surface area contributed by atoms with Crippen molar-refractivity contribution < 1.29 is 14.2 Å². The average molecular weight is 576 g/mol. The number of piperazine rings is 1. The van der Waals surface area contributed by atoms with E-state index in [-0.39, 0.29) is 29.5 Å². The highest BCUT2D eigenvalue weighted by molar-refractivity contribution is 14.0. The van der Waals surface area contributed by atoms with E-state index in [0.717, 1.165) is 94.9 Å². The average Bonchev–Trinajstić information content (AvgIpc) is 2.82. The maximum absolute atomic E-state index is 5.61. The number of aliphatic imine (C=N–C) groups is 1. The summed E-state index contributed by atoms with van der Waals surface area (Å²) < 4.78 is 16.6. The minimum atomic E-state index is 0. The lowest BCUT2D eigenvalue weighted by molar-refractivity contribution is -0.00268. The summed E-state index contributed by atoms with van der Waals surface area (Å²) in [5.74, 6) is 2.80. The third kappa shape index (κ3) is 7.34. The van der Waals surface area contributed by atoms with E-state index >= 15 is 0 Å². The van der Waals surface area contributed by atoms with Crippen LogP contribution in [0.25, 0.3) is 0 Å². The molecule has 0 saturated carbocycles. The van der Waals surface area contributed by atoms with Crippen LogP contribution in [0, 0.1) is 0 Å². The van der Waals surface area contributed by atoms with Gasteiger partial charge < -0.3 is 29.3 Å². The molecule has 1 aromatic carbocycles. The first-order valence-electron chi connectivity index (χ1n) is 11.7. The Balaban J connectivity index is 0.00000385. The largest absolute Gasteiger partial charge is 0.497 e. The topological polar surface area (TPSA) is 61.8 Å². The van der Waals surface area contributed by atoms with Crippen LogP contribution in [0.2, 0.25) is 0 Å². The molecule has 0 bridgehead atoms. The lowest BCUT2D eigenvalue weighted by Crippen LogP contribution is -2.54. The van der Waals surface area contributed by atoms with E-state index in [1.807, 2.05) is 12.1 Å². The lowest BCUT2D eigenvalue weighted by Gasteiger charge is -2.42. The molecule has 0 amide bonds. The SMILES string of the molecule is CCNC(=NCC1(N(C)C)CCOCC1)N1CCN(Cc2cc(OC)ccc2OC)CC1.I. The molecule has 2 aliphatic rings. The molecule has 2 fully saturated rings. The Morgan fingerprint density at radius 1 is 1.12 bits per heavy atom. The Kier molecular flexibility index (Phi) is 11.5. The predicted octanol–water partition coefficient (Wildman–Crippen LogP) is 2.52. The second kappa shape index (κ2) is 13.6. The van der Waals surface area contributed by atoms with Crippen LogP contribution in [0.5, 0.6) is 11.5 Å². The molecule has 9 heteroatoms. The van der Waals surface area contributed by atoms with Gasteiger partial charge in [0, 0.05) is 63.6 Å². The molecule has 0 spiro atoms. The predicted molar refractivity (Wildman–Crippen MR) is 144 cm³/mol. The van der Waals surface area contributed by atoms with Crippen LogP contribution in [-0.4, -0.2) is 107 Å². The Labute approximate surface area is 216 Å². The third-order valence-corrected chi connectivity index (χ3v) is 6.78. The first kappa shape index (κ1) is 27.9. The fraction of sp³-hybridized carbons (Fsp3) is 0.708. The highest BCUT2D eigenvalue weighted by Gasteiger charge is 2.35. The van der Waals surface area contributed by atoms with Gasteiger partial charge >= 0.3 is 0 Å². The van der Waals surface area contributed by atoms with E-state index < -0.39 is 0 Å². The van der Waals surface area contributed by atoms with Crippen molar-refractivity contribution in [2.45, 2.75) is 31.8 Å². The minimum Gasteiger partial charge on any atom is -0.497 e. The van der Waals surface area contributed by atoms with Gasteiger partial charge in [0.1, 0.15) is 11.5 Å². The molecule has 0 unspecified atom stereocenters. The molecule has 1 aromatic rings. The lowest BCUT2D eigenvalue weighted by atomic mass is 9.89. The number of hydrogen-bond acceptors (Lipinski definition) is 6. The molecule has 188 valence electrons. The summed E-state index contributed by atoms with van der Waals surface area (Å²) in [5, 5.41) is 3.52. The smallest absolute Gasteiger partial charge is 0.194 e. The molecule has 2 saturated heterocycles. The van der Waals surface area contributed by atoms with Crippen molar-refractivity contribution in [2.75, 3.05) is 80.8 Å². The number of guanidine groups is 1. The zero-order valence-electron chi connectivity index (χ0n) is 20.9. The Morgan fingerprint density at radius 2 is 1.82 bits per heavy atom. The van der Waals surface area contributed by atoms with Crippen LogP contribution in [-0.2, 0) is 11.3 Å².